The molecule has 0 bridgehead atoms. The summed E-state index contributed by atoms with van der Waals surface area (Å²) in [5.41, 5.74) is 1.02. The minimum Gasteiger partial charge on any atom is -0.484 e. The van der Waals surface area contributed by atoms with Crippen LogP contribution in [0.3, 0.4) is 0 Å². The van der Waals surface area contributed by atoms with Crippen LogP contribution in [-0.2, 0) is 24.2 Å². The Morgan fingerprint density at radius 2 is 2.00 bits per heavy atom. The standard InChI is InChI=1S/C21H31N5O2S/c1-4-18-14-25-20(29-18)10-11-24-21(23-6-3)26-13-16-8-7-9-17(12-16)28-15-19(27)22-5-2/h7-9,12,14H,4-6,10-11,13,15H2,1-3H3,(H,22,27)(H2,23,24,26). The lowest BCUT2D eigenvalue weighted by Crippen LogP contribution is -2.38. The molecule has 3 N–H and O–H groups in total. The van der Waals surface area contributed by atoms with Crippen molar-refractivity contribution < 1.29 is 9.53 Å². The van der Waals surface area contributed by atoms with E-state index in [4.69, 9.17) is 4.74 Å². The van der Waals surface area contributed by atoms with Gasteiger partial charge in [0.25, 0.3) is 5.91 Å². The van der Waals surface area contributed by atoms with Gasteiger partial charge in [-0.05, 0) is 38.0 Å². The number of aromatic nitrogens is 1. The Morgan fingerprint density at radius 1 is 1.17 bits per heavy atom. The van der Waals surface area contributed by atoms with Gasteiger partial charge in [0.15, 0.2) is 12.6 Å². The van der Waals surface area contributed by atoms with Gasteiger partial charge >= 0.3 is 0 Å². The highest BCUT2D eigenvalue weighted by Crippen LogP contribution is 2.14. The smallest absolute Gasteiger partial charge is 0.257 e. The molecule has 158 valence electrons. The highest BCUT2D eigenvalue weighted by molar-refractivity contribution is 7.11. The second-order valence-corrected chi connectivity index (χ2v) is 7.54. The van der Waals surface area contributed by atoms with Gasteiger partial charge in [-0.2, -0.15) is 0 Å². The van der Waals surface area contributed by atoms with E-state index in [0.717, 1.165) is 42.5 Å². The highest BCUT2D eigenvalue weighted by Gasteiger charge is 2.04. The molecule has 7 nitrogen and oxygen atoms in total. The number of rotatable bonds is 11. The zero-order valence-electron chi connectivity index (χ0n) is 17.5. The first-order valence-electron chi connectivity index (χ1n) is 10.1. The zero-order valence-corrected chi connectivity index (χ0v) is 18.3. The van der Waals surface area contributed by atoms with Crippen molar-refractivity contribution in [1.82, 2.24) is 20.9 Å². The van der Waals surface area contributed by atoms with E-state index >= 15 is 0 Å². The lowest BCUT2D eigenvalue weighted by Gasteiger charge is -2.11. The minimum absolute atomic E-state index is 0.0151. The lowest BCUT2D eigenvalue weighted by molar-refractivity contribution is -0.122. The van der Waals surface area contributed by atoms with Crippen LogP contribution in [0, 0.1) is 0 Å². The number of likely N-dealkylation sites (N-methyl/N-ethyl adjacent to an activating group) is 1. The van der Waals surface area contributed by atoms with Gasteiger partial charge in [-0.1, -0.05) is 19.1 Å². The summed E-state index contributed by atoms with van der Waals surface area (Å²) in [4.78, 5) is 21.9. The number of aliphatic imine (C=N–C) groups is 1. The van der Waals surface area contributed by atoms with Crippen molar-refractivity contribution in [2.75, 3.05) is 26.2 Å². The summed E-state index contributed by atoms with van der Waals surface area (Å²) in [6.45, 7) is 8.77. The summed E-state index contributed by atoms with van der Waals surface area (Å²) < 4.78 is 5.54. The Balaban J connectivity index is 1.86. The summed E-state index contributed by atoms with van der Waals surface area (Å²) in [7, 11) is 0. The molecule has 29 heavy (non-hydrogen) atoms. The summed E-state index contributed by atoms with van der Waals surface area (Å²) in [5.74, 6) is 1.31. The molecule has 0 radical (unpaired) electrons. The largest absolute Gasteiger partial charge is 0.484 e. The molecule has 1 aromatic heterocycles. The molecular weight excluding hydrogens is 386 g/mol. The monoisotopic (exact) mass is 417 g/mol. The fourth-order valence-corrected chi connectivity index (χ4v) is 3.42. The fraction of sp³-hybridized carbons (Fsp3) is 0.476. The van der Waals surface area contributed by atoms with Crippen LogP contribution in [0.5, 0.6) is 5.75 Å². The number of carbonyl (C=O) groups excluding carboxylic acids is 1. The molecule has 0 aliphatic heterocycles. The Hall–Kier alpha value is -2.61. The number of benzene rings is 1. The number of hydrogen-bond acceptors (Lipinski definition) is 5. The van der Waals surface area contributed by atoms with Crippen molar-refractivity contribution in [3.8, 4) is 5.75 Å². The van der Waals surface area contributed by atoms with Gasteiger partial charge < -0.3 is 20.7 Å². The Kier molecular flexibility index (Phi) is 9.99. The molecule has 2 aromatic rings. The van der Waals surface area contributed by atoms with Gasteiger partial charge in [-0.3, -0.25) is 4.79 Å². The van der Waals surface area contributed by atoms with Crippen molar-refractivity contribution >= 4 is 23.2 Å². The van der Waals surface area contributed by atoms with E-state index in [9.17, 15) is 4.79 Å². The first-order valence-corrected chi connectivity index (χ1v) is 10.9. The van der Waals surface area contributed by atoms with E-state index in [-0.39, 0.29) is 12.5 Å². The molecule has 8 heteroatoms. The molecule has 1 heterocycles. The van der Waals surface area contributed by atoms with E-state index in [1.807, 2.05) is 44.3 Å². The number of ether oxygens (including phenoxy) is 1. The second kappa shape index (κ2) is 12.8. The molecule has 1 amide bonds. The summed E-state index contributed by atoms with van der Waals surface area (Å²) in [6, 6.07) is 7.66. The third-order valence-corrected chi connectivity index (χ3v) is 5.19. The fourth-order valence-electron chi connectivity index (χ4n) is 2.56. The number of nitrogens with one attached hydrogen (secondary N) is 3. The second-order valence-electron chi connectivity index (χ2n) is 6.34. The average Bonchev–Trinajstić information content (AvgIpc) is 3.19. The molecule has 0 spiro atoms. The van der Waals surface area contributed by atoms with Gasteiger partial charge in [-0.25, -0.2) is 9.98 Å². The van der Waals surface area contributed by atoms with Crippen LogP contribution in [0.25, 0.3) is 0 Å². The average molecular weight is 418 g/mol. The highest BCUT2D eigenvalue weighted by atomic mass is 32.1. The first-order chi connectivity index (χ1) is 14.1. The first kappa shape index (κ1) is 22.7. The maximum Gasteiger partial charge on any atom is 0.257 e. The SMILES string of the molecule is CCNC(=O)COc1cccc(CN=C(NCC)NCCc2ncc(CC)s2)c1. The number of thiazole rings is 1. The quantitative estimate of drug-likeness (QED) is 0.386. The third kappa shape index (κ3) is 8.51. The Bertz CT molecular complexity index is 791. The number of guanidine groups is 1. The Labute approximate surface area is 177 Å². The molecule has 0 saturated carbocycles. The molecule has 0 unspecified atom stereocenters. The molecule has 2 rings (SSSR count). The van der Waals surface area contributed by atoms with Gasteiger partial charge in [0.1, 0.15) is 5.75 Å². The van der Waals surface area contributed by atoms with Crippen molar-refractivity contribution in [2.24, 2.45) is 4.99 Å². The maximum atomic E-state index is 11.5. The molecule has 1 aromatic carbocycles. The van der Waals surface area contributed by atoms with Crippen molar-refractivity contribution in [1.29, 1.82) is 0 Å². The van der Waals surface area contributed by atoms with E-state index in [1.54, 1.807) is 11.3 Å². The van der Waals surface area contributed by atoms with Crippen LogP contribution in [0.4, 0.5) is 0 Å². The molecule has 0 saturated heterocycles. The topological polar surface area (TPSA) is 87.6 Å². The van der Waals surface area contributed by atoms with Crippen LogP contribution < -0.4 is 20.7 Å². The van der Waals surface area contributed by atoms with E-state index in [2.05, 4.69) is 32.9 Å². The predicted octanol–water partition coefficient (Wildman–Crippen LogP) is 2.52. The van der Waals surface area contributed by atoms with Crippen LogP contribution >= 0.6 is 11.3 Å². The van der Waals surface area contributed by atoms with Crippen molar-refractivity contribution in [2.45, 2.75) is 40.2 Å². The minimum atomic E-state index is -0.124. The van der Waals surface area contributed by atoms with Crippen LogP contribution in [0.1, 0.15) is 36.2 Å². The third-order valence-electron chi connectivity index (χ3n) is 3.99. The Morgan fingerprint density at radius 3 is 2.72 bits per heavy atom. The zero-order chi connectivity index (χ0) is 20.9. The van der Waals surface area contributed by atoms with Crippen LogP contribution in [0.15, 0.2) is 35.5 Å². The van der Waals surface area contributed by atoms with E-state index in [1.165, 1.54) is 4.88 Å². The molecule has 0 aliphatic rings. The van der Waals surface area contributed by atoms with Gasteiger partial charge in [0.2, 0.25) is 0 Å². The van der Waals surface area contributed by atoms with Crippen LogP contribution in [-0.4, -0.2) is 43.1 Å². The normalized spacial score (nSPS) is 11.2. The maximum absolute atomic E-state index is 11.5. The summed E-state index contributed by atoms with van der Waals surface area (Å²) >= 11 is 1.77. The summed E-state index contributed by atoms with van der Waals surface area (Å²) in [5, 5.41) is 10.5. The number of carbonyl (C=O) groups is 1. The lowest BCUT2D eigenvalue weighted by atomic mass is 10.2. The van der Waals surface area contributed by atoms with E-state index in [0.29, 0.717) is 18.8 Å². The molecular formula is C21H31N5O2S. The molecule has 0 atom stereocenters. The number of hydrogen-bond donors (Lipinski definition) is 3. The van der Waals surface area contributed by atoms with E-state index < -0.39 is 0 Å². The number of amides is 1. The number of nitrogens with zero attached hydrogens (tertiary/aromatic N) is 2. The van der Waals surface area contributed by atoms with Gasteiger partial charge in [0, 0.05) is 37.1 Å². The number of aryl methyl sites for hydroxylation is 1. The summed E-state index contributed by atoms with van der Waals surface area (Å²) in [6.07, 6.45) is 3.86. The van der Waals surface area contributed by atoms with Crippen molar-refractivity contribution in [3.63, 3.8) is 0 Å². The van der Waals surface area contributed by atoms with Crippen molar-refractivity contribution in [3.05, 3.63) is 45.9 Å². The molecule has 0 aliphatic carbocycles. The molecule has 0 fully saturated rings. The van der Waals surface area contributed by atoms with Crippen LogP contribution in [0.2, 0.25) is 0 Å². The van der Waals surface area contributed by atoms with Gasteiger partial charge in [0.05, 0.1) is 11.6 Å². The van der Waals surface area contributed by atoms with Gasteiger partial charge in [-0.15, -0.1) is 11.3 Å². The predicted molar refractivity (Wildman–Crippen MR) is 119 cm³/mol.